The van der Waals surface area contributed by atoms with Gasteiger partial charge in [-0.15, -0.1) is 0 Å². The number of carboxylic acids is 1. The quantitative estimate of drug-likeness (QED) is 0.198. The number of nitrogens with zero attached hydrogens (tertiary/aromatic N) is 2. The van der Waals surface area contributed by atoms with Crippen LogP contribution in [0.1, 0.15) is 79.0 Å². The highest BCUT2D eigenvalue weighted by Gasteiger charge is 2.31. The molecule has 8 heteroatoms. The number of aliphatic carboxylic acids is 1. The van der Waals surface area contributed by atoms with E-state index in [9.17, 15) is 14.4 Å². The molecule has 0 saturated heterocycles. The van der Waals surface area contributed by atoms with Gasteiger partial charge in [0.25, 0.3) is 5.91 Å². The van der Waals surface area contributed by atoms with Crippen LogP contribution in [0.4, 0.5) is 5.69 Å². The third-order valence-corrected chi connectivity index (χ3v) is 8.23. The van der Waals surface area contributed by atoms with Gasteiger partial charge in [-0.1, -0.05) is 43.5 Å². The molecular weight excluding hydrogens is 540 g/mol. The zero-order chi connectivity index (χ0) is 30.7. The van der Waals surface area contributed by atoms with E-state index in [-0.39, 0.29) is 11.8 Å². The van der Waals surface area contributed by atoms with E-state index in [0.29, 0.717) is 22.7 Å². The lowest BCUT2D eigenvalue weighted by Gasteiger charge is -2.25. The van der Waals surface area contributed by atoms with Gasteiger partial charge in [0.2, 0.25) is 5.91 Å². The van der Waals surface area contributed by atoms with Gasteiger partial charge in [0, 0.05) is 41.0 Å². The molecule has 1 fully saturated rings. The van der Waals surface area contributed by atoms with Crippen LogP contribution in [0.5, 0.6) is 0 Å². The maximum atomic E-state index is 13.5. The van der Waals surface area contributed by atoms with Crippen molar-refractivity contribution in [2.45, 2.75) is 64.3 Å². The standard InChI is InChI=1S/C35H38N4O4/c1-22-9-8-12-28(36-22)32-31(24-10-6-5-7-11-24)27-19-16-25(21-29(27)39(32)4)33(42)38-35(2,3)34(43)37-26-17-13-23(14-18-26)15-20-30(40)41/h8-9,12-21,24H,5-7,10-11H2,1-4H3,(H,37,43)(H,38,42)(H,40,41)/b20-15+. The topological polar surface area (TPSA) is 113 Å². The smallest absolute Gasteiger partial charge is 0.328 e. The highest BCUT2D eigenvalue weighted by atomic mass is 16.4. The summed E-state index contributed by atoms with van der Waals surface area (Å²) in [5, 5.41) is 15.7. The lowest BCUT2D eigenvalue weighted by Crippen LogP contribution is -2.52. The summed E-state index contributed by atoms with van der Waals surface area (Å²) in [6, 6.07) is 18.7. The number of carbonyl (C=O) groups excluding carboxylic acids is 2. The molecule has 222 valence electrons. The number of aromatic nitrogens is 2. The van der Waals surface area contributed by atoms with Crippen molar-refractivity contribution in [3.63, 3.8) is 0 Å². The van der Waals surface area contributed by atoms with E-state index in [1.165, 1.54) is 30.9 Å². The Hall–Kier alpha value is -4.72. The third kappa shape index (κ3) is 6.53. The molecule has 3 N–H and O–H groups in total. The predicted molar refractivity (Wildman–Crippen MR) is 170 cm³/mol. The van der Waals surface area contributed by atoms with Crippen LogP contribution in [0, 0.1) is 6.92 Å². The molecule has 2 aromatic carbocycles. The van der Waals surface area contributed by atoms with Crippen molar-refractivity contribution in [1.29, 1.82) is 0 Å². The molecule has 2 aromatic heterocycles. The first-order valence-electron chi connectivity index (χ1n) is 14.7. The highest BCUT2D eigenvalue weighted by Crippen LogP contribution is 2.43. The summed E-state index contributed by atoms with van der Waals surface area (Å²) >= 11 is 0. The lowest BCUT2D eigenvalue weighted by molar-refractivity contribution is -0.131. The summed E-state index contributed by atoms with van der Waals surface area (Å²) in [6.45, 7) is 5.32. The highest BCUT2D eigenvalue weighted by molar-refractivity contribution is 6.05. The average Bonchev–Trinajstić information content (AvgIpc) is 3.28. The Bertz CT molecular complexity index is 1710. The summed E-state index contributed by atoms with van der Waals surface area (Å²) in [6.07, 6.45) is 8.51. The van der Waals surface area contributed by atoms with Crippen LogP contribution in [0.25, 0.3) is 28.4 Å². The predicted octanol–water partition coefficient (Wildman–Crippen LogP) is 6.84. The van der Waals surface area contributed by atoms with E-state index in [0.717, 1.165) is 46.9 Å². The van der Waals surface area contributed by atoms with Gasteiger partial charge in [-0.2, -0.15) is 0 Å². The van der Waals surface area contributed by atoms with Crippen molar-refractivity contribution >= 4 is 40.4 Å². The summed E-state index contributed by atoms with van der Waals surface area (Å²) in [4.78, 5) is 42.2. The maximum absolute atomic E-state index is 13.5. The Morgan fingerprint density at radius 3 is 2.40 bits per heavy atom. The average molecular weight is 579 g/mol. The minimum absolute atomic E-state index is 0.341. The first-order chi connectivity index (χ1) is 20.5. The number of hydrogen-bond acceptors (Lipinski definition) is 4. The molecule has 0 aliphatic heterocycles. The number of fused-ring (bicyclic) bond motifs is 1. The molecule has 4 aromatic rings. The fourth-order valence-corrected chi connectivity index (χ4v) is 5.94. The molecule has 1 saturated carbocycles. The van der Waals surface area contributed by atoms with Crippen molar-refractivity contribution < 1.29 is 19.5 Å². The van der Waals surface area contributed by atoms with Gasteiger partial charge in [-0.3, -0.25) is 14.6 Å². The van der Waals surface area contributed by atoms with Gasteiger partial charge in [-0.05, 0) is 93.1 Å². The number of pyridine rings is 1. The van der Waals surface area contributed by atoms with Crippen LogP contribution in [0.15, 0.2) is 66.7 Å². The van der Waals surface area contributed by atoms with Gasteiger partial charge in [-0.25, -0.2) is 4.79 Å². The molecule has 0 radical (unpaired) electrons. The van der Waals surface area contributed by atoms with E-state index in [2.05, 4.69) is 21.3 Å². The van der Waals surface area contributed by atoms with Crippen molar-refractivity contribution in [2.24, 2.45) is 7.05 Å². The summed E-state index contributed by atoms with van der Waals surface area (Å²) in [5.74, 6) is -1.30. The molecule has 2 heterocycles. The van der Waals surface area contributed by atoms with E-state index in [1.807, 2.05) is 44.3 Å². The van der Waals surface area contributed by atoms with Crippen LogP contribution in [0.2, 0.25) is 0 Å². The lowest BCUT2D eigenvalue weighted by atomic mass is 9.82. The van der Waals surface area contributed by atoms with E-state index in [4.69, 9.17) is 10.1 Å². The van der Waals surface area contributed by atoms with Crippen LogP contribution in [0.3, 0.4) is 0 Å². The number of carbonyl (C=O) groups is 3. The second-order valence-electron chi connectivity index (χ2n) is 11.9. The summed E-state index contributed by atoms with van der Waals surface area (Å²) < 4.78 is 2.16. The Balaban J connectivity index is 1.40. The molecule has 1 aliphatic carbocycles. The minimum atomic E-state index is -1.20. The van der Waals surface area contributed by atoms with Crippen molar-refractivity contribution in [3.8, 4) is 11.4 Å². The number of hydrogen-bond donors (Lipinski definition) is 3. The Morgan fingerprint density at radius 2 is 1.72 bits per heavy atom. The Labute approximate surface area is 251 Å². The molecule has 0 bridgehead atoms. The summed E-state index contributed by atoms with van der Waals surface area (Å²) in [7, 11) is 2.04. The zero-order valence-corrected chi connectivity index (χ0v) is 25.1. The van der Waals surface area contributed by atoms with E-state index in [1.54, 1.807) is 38.1 Å². The number of benzene rings is 2. The van der Waals surface area contributed by atoms with Gasteiger partial charge in [0.1, 0.15) is 5.54 Å². The molecule has 5 rings (SSSR count). The van der Waals surface area contributed by atoms with Gasteiger partial charge < -0.3 is 20.3 Å². The first kappa shape index (κ1) is 29.8. The molecule has 0 spiro atoms. The minimum Gasteiger partial charge on any atom is -0.478 e. The monoisotopic (exact) mass is 578 g/mol. The SMILES string of the molecule is Cc1cccc(-c2c(C3CCCCC3)c3ccc(C(=O)NC(C)(C)C(=O)Nc4ccc(/C=C/C(=O)O)cc4)cc3n2C)n1. The molecule has 0 atom stereocenters. The van der Waals surface area contributed by atoms with Crippen LogP contribution < -0.4 is 10.6 Å². The van der Waals surface area contributed by atoms with Gasteiger partial charge in [0.05, 0.1) is 11.4 Å². The van der Waals surface area contributed by atoms with Gasteiger partial charge in [0.15, 0.2) is 0 Å². The first-order valence-corrected chi connectivity index (χ1v) is 14.7. The molecule has 2 amide bonds. The van der Waals surface area contributed by atoms with Crippen LogP contribution >= 0.6 is 0 Å². The molecule has 1 aliphatic rings. The summed E-state index contributed by atoms with van der Waals surface area (Å²) in [5.41, 5.74) is 5.78. The van der Waals surface area contributed by atoms with Crippen LogP contribution in [-0.2, 0) is 16.6 Å². The molecule has 8 nitrogen and oxygen atoms in total. The van der Waals surface area contributed by atoms with Crippen molar-refractivity contribution in [1.82, 2.24) is 14.9 Å². The molecule has 43 heavy (non-hydrogen) atoms. The maximum Gasteiger partial charge on any atom is 0.328 e. The molecular formula is C35H38N4O4. The Morgan fingerprint density at radius 1 is 1.00 bits per heavy atom. The zero-order valence-electron chi connectivity index (χ0n) is 25.1. The number of aryl methyl sites for hydroxylation is 2. The number of carboxylic acid groups (broad SMARTS) is 1. The van der Waals surface area contributed by atoms with Crippen molar-refractivity contribution in [3.05, 3.63) is 89.1 Å². The largest absolute Gasteiger partial charge is 0.478 e. The van der Waals surface area contributed by atoms with Gasteiger partial charge >= 0.3 is 5.97 Å². The normalized spacial score (nSPS) is 14.2. The second kappa shape index (κ2) is 12.3. The number of rotatable bonds is 8. The van der Waals surface area contributed by atoms with Crippen LogP contribution in [-0.4, -0.2) is 38.0 Å². The number of amides is 2. The van der Waals surface area contributed by atoms with E-state index < -0.39 is 11.5 Å². The second-order valence-corrected chi connectivity index (χ2v) is 11.9. The number of nitrogens with one attached hydrogen (secondary N) is 2. The fourth-order valence-electron chi connectivity index (χ4n) is 5.94. The number of anilines is 1. The van der Waals surface area contributed by atoms with Crippen molar-refractivity contribution in [2.75, 3.05) is 5.32 Å². The van der Waals surface area contributed by atoms with E-state index >= 15 is 0 Å². The molecule has 0 unspecified atom stereocenters. The fraction of sp³-hybridized carbons (Fsp3) is 0.314. The third-order valence-electron chi connectivity index (χ3n) is 8.23. The Kier molecular flexibility index (Phi) is 8.48.